The molecular formula is C14H16N4O2. The second-order valence-corrected chi connectivity index (χ2v) is 5.04. The molecule has 104 valence electrons. The van der Waals surface area contributed by atoms with Crippen LogP contribution in [0.3, 0.4) is 0 Å². The Morgan fingerprint density at radius 2 is 2.30 bits per heavy atom. The first-order valence-electron chi connectivity index (χ1n) is 6.71. The number of hydrogen-bond acceptors (Lipinski definition) is 3. The maximum atomic E-state index is 12.4. The Hall–Kier alpha value is -2.37. The first-order valence-corrected chi connectivity index (χ1v) is 6.71. The molecule has 6 heteroatoms. The van der Waals surface area contributed by atoms with E-state index in [1.54, 1.807) is 12.3 Å². The molecule has 2 aromatic heterocycles. The number of aromatic nitrogens is 3. The van der Waals surface area contributed by atoms with Crippen molar-refractivity contribution in [1.82, 2.24) is 20.1 Å². The Morgan fingerprint density at radius 3 is 3.05 bits per heavy atom. The fraction of sp³-hybridized carbons (Fsp3) is 0.357. The first-order chi connectivity index (χ1) is 9.74. The van der Waals surface area contributed by atoms with Crippen LogP contribution in [0.15, 0.2) is 35.4 Å². The molecule has 0 radical (unpaired) electrons. The van der Waals surface area contributed by atoms with E-state index in [0.29, 0.717) is 12.1 Å². The van der Waals surface area contributed by atoms with Gasteiger partial charge in [0.2, 0.25) is 5.56 Å². The average Bonchev–Trinajstić information content (AvgIpc) is 3.01. The van der Waals surface area contributed by atoms with Gasteiger partial charge in [0, 0.05) is 48.7 Å². The van der Waals surface area contributed by atoms with Crippen LogP contribution in [0.2, 0.25) is 0 Å². The Balaban J connectivity index is 1.77. The lowest BCUT2D eigenvalue weighted by Crippen LogP contribution is -2.39. The summed E-state index contributed by atoms with van der Waals surface area (Å²) in [6.07, 6.45) is 5.23. The monoisotopic (exact) mass is 272 g/mol. The van der Waals surface area contributed by atoms with E-state index < -0.39 is 0 Å². The summed E-state index contributed by atoms with van der Waals surface area (Å²) in [7, 11) is 0. The summed E-state index contributed by atoms with van der Waals surface area (Å²) >= 11 is 0. The van der Waals surface area contributed by atoms with E-state index in [1.165, 1.54) is 12.3 Å². The van der Waals surface area contributed by atoms with Crippen molar-refractivity contribution in [2.45, 2.75) is 18.8 Å². The van der Waals surface area contributed by atoms with Gasteiger partial charge in [-0.3, -0.25) is 14.7 Å². The lowest BCUT2D eigenvalue weighted by atomic mass is 9.94. The number of carbonyl (C=O) groups excluding carboxylic acids is 1. The molecule has 20 heavy (non-hydrogen) atoms. The normalized spacial score (nSPS) is 19.0. The molecule has 1 amide bonds. The highest BCUT2D eigenvalue weighted by Gasteiger charge is 2.26. The van der Waals surface area contributed by atoms with E-state index in [0.717, 1.165) is 25.1 Å². The van der Waals surface area contributed by atoms with Crippen molar-refractivity contribution in [3.05, 3.63) is 52.2 Å². The van der Waals surface area contributed by atoms with Crippen LogP contribution < -0.4 is 5.56 Å². The summed E-state index contributed by atoms with van der Waals surface area (Å²) in [5, 5.41) is 6.94. The highest BCUT2D eigenvalue weighted by molar-refractivity contribution is 5.94. The number of hydrogen-bond donors (Lipinski definition) is 2. The van der Waals surface area contributed by atoms with Crippen LogP contribution in [-0.4, -0.2) is 39.1 Å². The number of nitrogens with one attached hydrogen (secondary N) is 2. The second-order valence-electron chi connectivity index (χ2n) is 5.04. The van der Waals surface area contributed by atoms with Crippen molar-refractivity contribution in [3.8, 4) is 0 Å². The van der Waals surface area contributed by atoms with Gasteiger partial charge in [0.1, 0.15) is 0 Å². The molecule has 1 saturated heterocycles. The van der Waals surface area contributed by atoms with Crippen LogP contribution in [-0.2, 0) is 0 Å². The Labute approximate surface area is 115 Å². The van der Waals surface area contributed by atoms with Gasteiger partial charge in [-0.25, -0.2) is 0 Å². The van der Waals surface area contributed by atoms with Crippen molar-refractivity contribution < 1.29 is 4.79 Å². The van der Waals surface area contributed by atoms with E-state index in [-0.39, 0.29) is 17.4 Å². The van der Waals surface area contributed by atoms with Gasteiger partial charge < -0.3 is 9.88 Å². The van der Waals surface area contributed by atoms with Crippen LogP contribution in [0.25, 0.3) is 0 Å². The largest absolute Gasteiger partial charge is 0.338 e. The average molecular weight is 272 g/mol. The number of H-pyrrole nitrogens is 2. The third kappa shape index (κ3) is 2.49. The van der Waals surface area contributed by atoms with E-state index >= 15 is 0 Å². The van der Waals surface area contributed by atoms with Gasteiger partial charge in [-0.05, 0) is 25.0 Å². The molecule has 1 atom stereocenters. The highest BCUT2D eigenvalue weighted by atomic mass is 16.2. The lowest BCUT2D eigenvalue weighted by molar-refractivity contribution is 0.0705. The molecule has 0 saturated carbocycles. The van der Waals surface area contributed by atoms with E-state index in [9.17, 15) is 9.59 Å². The quantitative estimate of drug-likeness (QED) is 0.859. The second kappa shape index (κ2) is 5.32. The zero-order chi connectivity index (χ0) is 13.9. The summed E-state index contributed by atoms with van der Waals surface area (Å²) in [4.78, 5) is 28.0. The Kier molecular flexibility index (Phi) is 3.37. The molecule has 0 aliphatic carbocycles. The predicted octanol–water partition coefficient (Wildman–Crippen LogP) is 1.12. The van der Waals surface area contributed by atoms with Crippen LogP contribution in [0.1, 0.15) is 34.8 Å². The molecule has 3 rings (SSSR count). The van der Waals surface area contributed by atoms with Crippen molar-refractivity contribution in [3.63, 3.8) is 0 Å². The highest BCUT2D eigenvalue weighted by Crippen LogP contribution is 2.25. The maximum absolute atomic E-state index is 12.4. The van der Waals surface area contributed by atoms with Crippen molar-refractivity contribution >= 4 is 5.91 Å². The van der Waals surface area contributed by atoms with E-state index in [2.05, 4.69) is 15.2 Å². The third-order valence-corrected chi connectivity index (χ3v) is 3.69. The van der Waals surface area contributed by atoms with Crippen molar-refractivity contribution in [1.29, 1.82) is 0 Å². The molecule has 1 aliphatic heterocycles. The molecule has 1 aliphatic rings. The molecule has 0 aromatic carbocycles. The minimum absolute atomic E-state index is 0.0830. The fourth-order valence-electron chi connectivity index (χ4n) is 2.67. The number of aromatic amines is 2. The Bertz CT molecular complexity index is 647. The molecule has 3 heterocycles. The number of carbonyl (C=O) groups is 1. The van der Waals surface area contributed by atoms with Gasteiger partial charge >= 0.3 is 0 Å². The third-order valence-electron chi connectivity index (χ3n) is 3.69. The standard InChI is InChI=1S/C14H16N4O2/c19-13-8-10(3-5-15-13)14(20)18-7-1-2-11(9-18)12-4-6-16-17-12/h3-6,8,11H,1-2,7,9H2,(H,15,19)(H,16,17). The predicted molar refractivity (Wildman–Crippen MR) is 73.5 cm³/mol. The molecular weight excluding hydrogens is 256 g/mol. The lowest BCUT2D eigenvalue weighted by Gasteiger charge is -2.32. The number of piperidine rings is 1. The van der Waals surface area contributed by atoms with Gasteiger partial charge in [0.15, 0.2) is 0 Å². The zero-order valence-corrected chi connectivity index (χ0v) is 11.0. The smallest absolute Gasteiger partial charge is 0.254 e. The first kappa shape index (κ1) is 12.7. The minimum atomic E-state index is -0.252. The van der Waals surface area contributed by atoms with E-state index in [1.807, 2.05) is 11.0 Å². The molecule has 2 aromatic rings. The van der Waals surface area contributed by atoms with Gasteiger partial charge in [0.25, 0.3) is 5.91 Å². The van der Waals surface area contributed by atoms with Crippen molar-refractivity contribution in [2.75, 3.05) is 13.1 Å². The molecule has 1 fully saturated rings. The van der Waals surface area contributed by atoms with Crippen LogP contribution >= 0.6 is 0 Å². The maximum Gasteiger partial charge on any atom is 0.254 e. The fourth-order valence-corrected chi connectivity index (χ4v) is 2.67. The number of amides is 1. The summed E-state index contributed by atoms with van der Waals surface area (Å²) in [5.41, 5.74) is 1.25. The number of pyridine rings is 1. The topological polar surface area (TPSA) is 81.8 Å². The SMILES string of the molecule is O=C(c1cc[nH]c(=O)c1)N1CCCC(c2ccn[nH]2)C1. The van der Waals surface area contributed by atoms with Crippen LogP contribution in [0.4, 0.5) is 0 Å². The minimum Gasteiger partial charge on any atom is -0.338 e. The van der Waals surface area contributed by atoms with E-state index in [4.69, 9.17) is 0 Å². The van der Waals surface area contributed by atoms with Gasteiger partial charge in [-0.15, -0.1) is 0 Å². The van der Waals surface area contributed by atoms with Gasteiger partial charge in [0.05, 0.1) is 0 Å². The summed E-state index contributed by atoms with van der Waals surface area (Å²) in [5.74, 6) is 0.206. The number of likely N-dealkylation sites (tertiary alicyclic amines) is 1. The van der Waals surface area contributed by atoms with Gasteiger partial charge in [-0.1, -0.05) is 0 Å². The summed E-state index contributed by atoms with van der Waals surface area (Å²) < 4.78 is 0. The van der Waals surface area contributed by atoms with Crippen molar-refractivity contribution in [2.24, 2.45) is 0 Å². The molecule has 0 bridgehead atoms. The molecule has 1 unspecified atom stereocenters. The number of rotatable bonds is 2. The molecule has 0 spiro atoms. The molecule has 2 N–H and O–H groups in total. The summed E-state index contributed by atoms with van der Waals surface area (Å²) in [6.45, 7) is 1.39. The van der Waals surface area contributed by atoms with Crippen LogP contribution in [0, 0.1) is 0 Å². The summed E-state index contributed by atoms with van der Waals surface area (Å²) in [6, 6.07) is 4.94. The van der Waals surface area contributed by atoms with Gasteiger partial charge in [-0.2, -0.15) is 5.10 Å². The zero-order valence-electron chi connectivity index (χ0n) is 11.0. The molecule has 6 nitrogen and oxygen atoms in total. The number of nitrogens with zero attached hydrogens (tertiary/aromatic N) is 2. The van der Waals surface area contributed by atoms with Crippen LogP contribution in [0.5, 0.6) is 0 Å². The Morgan fingerprint density at radius 1 is 1.40 bits per heavy atom.